The first-order valence-corrected chi connectivity index (χ1v) is 8.21. The van der Waals surface area contributed by atoms with Crippen LogP contribution in [-0.4, -0.2) is 24.0 Å². The van der Waals surface area contributed by atoms with Gasteiger partial charge in [0.05, 0.1) is 0 Å². The van der Waals surface area contributed by atoms with Gasteiger partial charge < -0.3 is 9.64 Å². The number of hydrogen-bond donors (Lipinski definition) is 0. The molecule has 1 aliphatic heterocycles. The first-order chi connectivity index (χ1) is 10.6. The summed E-state index contributed by atoms with van der Waals surface area (Å²) in [6, 6.07) is 5.81. The second kappa shape index (κ2) is 7.51. The lowest BCUT2D eigenvalue weighted by Gasteiger charge is -2.31. The Labute approximate surface area is 140 Å². The van der Waals surface area contributed by atoms with E-state index in [1.165, 1.54) is 0 Å². The summed E-state index contributed by atoms with van der Waals surface area (Å²) in [6.07, 6.45) is 2.92. The highest BCUT2D eigenvalue weighted by atomic mass is 79.9. The van der Waals surface area contributed by atoms with Gasteiger partial charge in [-0.05, 0) is 54.4 Å². The quantitative estimate of drug-likeness (QED) is 0.756. The molecule has 4 heteroatoms. The number of halogens is 1. The summed E-state index contributed by atoms with van der Waals surface area (Å²) >= 11 is 3.59. The molecule has 2 rings (SSSR count). The van der Waals surface area contributed by atoms with Crippen molar-refractivity contribution in [3.63, 3.8) is 0 Å². The fourth-order valence-corrected chi connectivity index (χ4v) is 3.01. The highest BCUT2D eigenvalue weighted by molar-refractivity contribution is 9.10. The van der Waals surface area contributed by atoms with Crippen molar-refractivity contribution < 1.29 is 9.53 Å². The topological polar surface area (TPSA) is 29.5 Å². The normalized spacial score (nSPS) is 17.6. The van der Waals surface area contributed by atoms with E-state index in [1.807, 2.05) is 36.9 Å². The van der Waals surface area contributed by atoms with Crippen LogP contribution in [0.15, 0.2) is 28.7 Å². The van der Waals surface area contributed by atoms with Gasteiger partial charge in [-0.15, -0.1) is 5.92 Å². The van der Waals surface area contributed by atoms with Gasteiger partial charge in [-0.3, -0.25) is 4.79 Å². The third-order valence-corrected chi connectivity index (χ3v) is 4.32. The SMILES string of the molecule is CC#CCOc1ccc(C2=CCC(C)C(=O)N2CC)c(Br)c1. The Morgan fingerprint density at radius 3 is 2.86 bits per heavy atom. The first kappa shape index (κ1) is 16.6. The summed E-state index contributed by atoms with van der Waals surface area (Å²) in [5.41, 5.74) is 1.98. The van der Waals surface area contributed by atoms with Gasteiger partial charge in [0.25, 0.3) is 0 Å². The standard InChI is InChI=1S/C18H20BrNO2/c1-4-6-11-22-14-8-9-15(16(19)12-14)17-10-7-13(3)18(21)20(17)5-2/h8-10,12-13H,5,7,11H2,1-3H3. The summed E-state index contributed by atoms with van der Waals surface area (Å²) in [5, 5.41) is 0. The molecule has 1 amide bonds. The van der Waals surface area contributed by atoms with Gasteiger partial charge in [0.2, 0.25) is 5.91 Å². The molecule has 0 aromatic heterocycles. The van der Waals surface area contributed by atoms with E-state index in [2.05, 4.69) is 33.8 Å². The number of nitrogens with zero attached hydrogens (tertiary/aromatic N) is 1. The maximum Gasteiger partial charge on any atom is 0.230 e. The zero-order chi connectivity index (χ0) is 16.1. The number of carbonyl (C=O) groups excluding carboxylic acids is 1. The molecular formula is C18H20BrNO2. The Morgan fingerprint density at radius 1 is 1.45 bits per heavy atom. The van der Waals surface area contributed by atoms with Crippen LogP contribution in [0.5, 0.6) is 5.75 Å². The molecule has 0 saturated carbocycles. The molecule has 1 aromatic rings. The highest BCUT2D eigenvalue weighted by Crippen LogP contribution is 2.34. The molecule has 1 unspecified atom stereocenters. The lowest BCUT2D eigenvalue weighted by atomic mass is 9.97. The molecule has 0 aliphatic carbocycles. The van der Waals surface area contributed by atoms with Gasteiger partial charge in [0, 0.05) is 28.2 Å². The van der Waals surface area contributed by atoms with Crippen molar-refractivity contribution in [2.45, 2.75) is 27.2 Å². The van der Waals surface area contributed by atoms with Crippen molar-refractivity contribution >= 4 is 27.5 Å². The summed E-state index contributed by atoms with van der Waals surface area (Å²) in [6.45, 7) is 6.81. The maximum absolute atomic E-state index is 12.3. The average molecular weight is 362 g/mol. The van der Waals surface area contributed by atoms with Crippen molar-refractivity contribution in [3.8, 4) is 17.6 Å². The summed E-state index contributed by atoms with van der Waals surface area (Å²) in [4.78, 5) is 14.2. The van der Waals surface area contributed by atoms with Gasteiger partial charge in [-0.2, -0.15) is 0 Å². The number of amides is 1. The highest BCUT2D eigenvalue weighted by Gasteiger charge is 2.27. The van der Waals surface area contributed by atoms with Crippen LogP contribution >= 0.6 is 15.9 Å². The third kappa shape index (κ3) is 3.53. The molecule has 0 radical (unpaired) electrons. The van der Waals surface area contributed by atoms with Crippen molar-refractivity contribution in [3.05, 3.63) is 34.3 Å². The Balaban J connectivity index is 2.28. The fraction of sp³-hybridized carbons (Fsp3) is 0.389. The van der Waals surface area contributed by atoms with Crippen LogP contribution in [0.25, 0.3) is 5.70 Å². The summed E-state index contributed by atoms with van der Waals surface area (Å²) in [7, 11) is 0. The van der Waals surface area contributed by atoms with Crippen molar-refractivity contribution in [2.24, 2.45) is 5.92 Å². The summed E-state index contributed by atoms with van der Waals surface area (Å²) in [5.74, 6) is 6.67. The largest absolute Gasteiger partial charge is 0.481 e. The second-order valence-electron chi connectivity index (χ2n) is 5.17. The molecule has 22 heavy (non-hydrogen) atoms. The van der Waals surface area contributed by atoms with Crippen LogP contribution in [0, 0.1) is 17.8 Å². The smallest absolute Gasteiger partial charge is 0.230 e. The van der Waals surface area contributed by atoms with Crippen LogP contribution in [-0.2, 0) is 4.79 Å². The van der Waals surface area contributed by atoms with Crippen molar-refractivity contribution in [2.75, 3.05) is 13.2 Å². The lowest BCUT2D eigenvalue weighted by molar-refractivity contribution is -0.131. The van der Waals surface area contributed by atoms with E-state index in [9.17, 15) is 4.79 Å². The monoisotopic (exact) mass is 361 g/mol. The van der Waals surface area contributed by atoms with Gasteiger partial charge >= 0.3 is 0 Å². The van der Waals surface area contributed by atoms with E-state index in [0.717, 1.165) is 27.9 Å². The number of ether oxygens (including phenoxy) is 1. The minimum atomic E-state index is 0.0534. The molecule has 1 aromatic carbocycles. The molecular weight excluding hydrogens is 342 g/mol. The molecule has 1 aliphatic rings. The predicted octanol–water partition coefficient (Wildman–Crippen LogP) is 4.08. The van der Waals surface area contributed by atoms with Crippen molar-refractivity contribution in [1.82, 2.24) is 4.90 Å². The first-order valence-electron chi connectivity index (χ1n) is 7.42. The van der Waals surface area contributed by atoms with E-state index in [0.29, 0.717) is 13.2 Å². The molecule has 0 spiro atoms. The van der Waals surface area contributed by atoms with E-state index >= 15 is 0 Å². The second-order valence-corrected chi connectivity index (χ2v) is 6.02. The van der Waals surface area contributed by atoms with E-state index < -0.39 is 0 Å². The van der Waals surface area contributed by atoms with Crippen LogP contribution in [0.3, 0.4) is 0 Å². The molecule has 0 bridgehead atoms. The van der Waals surface area contributed by atoms with Crippen LogP contribution in [0.4, 0.5) is 0 Å². The summed E-state index contributed by atoms with van der Waals surface area (Å²) < 4.78 is 6.48. The van der Waals surface area contributed by atoms with Crippen LogP contribution in [0.1, 0.15) is 32.8 Å². The lowest BCUT2D eigenvalue weighted by Crippen LogP contribution is -2.36. The Bertz CT molecular complexity index is 655. The Hall–Kier alpha value is -1.73. The minimum Gasteiger partial charge on any atom is -0.481 e. The number of benzene rings is 1. The minimum absolute atomic E-state index is 0.0534. The molecule has 1 atom stereocenters. The third-order valence-electron chi connectivity index (χ3n) is 3.66. The van der Waals surface area contributed by atoms with Gasteiger partial charge in [0.1, 0.15) is 12.4 Å². The van der Waals surface area contributed by atoms with E-state index in [4.69, 9.17) is 4.74 Å². The number of carbonyl (C=O) groups is 1. The number of hydrogen-bond acceptors (Lipinski definition) is 2. The zero-order valence-corrected chi connectivity index (χ0v) is 14.7. The molecule has 3 nitrogen and oxygen atoms in total. The van der Waals surface area contributed by atoms with Crippen molar-refractivity contribution in [1.29, 1.82) is 0 Å². The Kier molecular flexibility index (Phi) is 5.68. The predicted molar refractivity (Wildman–Crippen MR) is 92.2 cm³/mol. The van der Waals surface area contributed by atoms with Crippen LogP contribution < -0.4 is 4.74 Å². The Morgan fingerprint density at radius 2 is 2.23 bits per heavy atom. The average Bonchev–Trinajstić information content (AvgIpc) is 2.51. The molecule has 0 fully saturated rings. The number of allylic oxidation sites excluding steroid dienone is 1. The molecule has 0 saturated heterocycles. The fourth-order valence-electron chi connectivity index (χ4n) is 2.45. The van der Waals surface area contributed by atoms with E-state index in [1.54, 1.807) is 6.92 Å². The molecule has 0 N–H and O–H groups in total. The van der Waals surface area contributed by atoms with Crippen LogP contribution in [0.2, 0.25) is 0 Å². The molecule has 1 heterocycles. The van der Waals surface area contributed by atoms with Gasteiger partial charge in [0.15, 0.2) is 0 Å². The zero-order valence-electron chi connectivity index (χ0n) is 13.1. The molecule has 116 valence electrons. The number of rotatable bonds is 4. The van der Waals surface area contributed by atoms with E-state index in [-0.39, 0.29) is 11.8 Å². The van der Waals surface area contributed by atoms with Gasteiger partial charge in [-0.1, -0.05) is 18.9 Å². The van der Waals surface area contributed by atoms with Gasteiger partial charge in [-0.25, -0.2) is 0 Å². The maximum atomic E-state index is 12.3.